The smallest absolute Gasteiger partial charge is 0.340 e. The monoisotopic (exact) mass is 284 g/mol. The lowest BCUT2D eigenvalue weighted by molar-refractivity contribution is -0.383. The van der Waals surface area contributed by atoms with Crippen LogP contribution in [-0.2, 0) is 0 Å². The van der Waals surface area contributed by atoms with Crippen molar-refractivity contribution in [1.29, 1.82) is 0 Å². The summed E-state index contributed by atoms with van der Waals surface area (Å²) >= 11 is 0. The van der Waals surface area contributed by atoms with Crippen LogP contribution in [0.5, 0.6) is 0 Å². The number of hydrogen-bond acceptors (Lipinski definition) is 6. The van der Waals surface area contributed by atoms with Gasteiger partial charge in [-0.1, -0.05) is 18.2 Å². The van der Waals surface area contributed by atoms with Crippen LogP contribution in [0.15, 0.2) is 35.0 Å². The quantitative estimate of drug-likeness (QED) is 0.586. The molecule has 7 heteroatoms. The van der Waals surface area contributed by atoms with Gasteiger partial charge in [-0.3, -0.25) is 10.1 Å². The Hall–Kier alpha value is -2.96. The van der Waals surface area contributed by atoms with Crippen LogP contribution in [0.3, 0.4) is 0 Å². The van der Waals surface area contributed by atoms with E-state index in [0.29, 0.717) is 11.3 Å². The molecule has 3 rings (SSSR count). The molecule has 2 aromatic heterocycles. The van der Waals surface area contributed by atoms with Crippen LogP contribution in [0, 0.1) is 17.0 Å². The van der Waals surface area contributed by atoms with Gasteiger partial charge < -0.3 is 9.73 Å². The Morgan fingerprint density at radius 3 is 2.81 bits per heavy atom. The van der Waals surface area contributed by atoms with E-state index in [2.05, 4.69) is 15.3 Å². The summed E-state index contributed by atoms with van der Waals surface area (Å²) in [6.45, 7) is 1.92. The second-order valence-electron chi connectivity index (χ2n) is 4.53. The number of aromatic nitrogens is 2. The molecule has 0 aliphatic heterocycles. The van der Waals surface area contributed by atoms with E-state index in [1.807, 2.05) is 25.1 Å². The molecule has 0 bridgehead atoms. The van der Waals surface area contributed by atoms with Crippen LogP contribution in [0.2, 0.25) is 0 Å². The maximum atomic E-state index is 11.3. The molecule has 0 aliphatic rings. The van der Waals surface area contributed by atoms with Gasteiger partial charge in [0.05, 0.1) is 4.92 Å². The zero-order chi connectivity index (χ0) is 15.0. The molecule has 0 unspecified atom stereocenters. The van der Waals surface area contributed by atoms with Crippen LogP contribution in [0.25, 0.3) is 22.4 Å². The van der Waals surface area contributed by atoms with E-state index in [9.17, 15) is 10.1 Å². The molecular weight excluding hydrogens is 272 g/mol. The number of benzene rings is 1. The Balaban J connectivity index is 2.27. The van der Waals surface area contributed by atoms with E-state index in [0.717, 1.165) is 10.9 Å². The van der Waals surface area contributed by atoms with Gasteiger partial charge in [-0.15, -0.1) is 0 Å². The van der Waals surface area contributed by atoms with E-state index in [-0.39, 0.29) is 17.2 Å². The molecule has 0 fully saturated rings. The fraction of sp³-hybridized carbons (Fsp3) is 0.143. The first-order valence-corrected chi connectivity index (χ1v) is 6.28. The summed E-state index contributed by atoms with van der Waals surface area (Å²) in [5.74, 6) is 0.507. The van der Waals surface area contributed by atoms with E-state index >= 15 is 0 Å². The van der Waals surface area contributed by atoms with Crippen molar-refractivity contribution in [3.63, 3.8) is 0 Å². The molecule has 106 valence electrons. The number of fused-ring (bicyclic) bond motifs is 1. The number of para-hydroxylation sites is 1. The van der Waals surface area contributed by atoms with Gasteiger partial charge in [0.15, 0.2) is 11.5 Å². The highest BCUT2D eigenvalue weighted by atomic mass is 16.6. The van der Waals surface area contributed by atoms with Gasteiger partial charge >= 0.3 is 5.69 Å². The second kappa shape index (κ2) is 4.86. The lowest BCUT2D eigenvalue weighted by Crippen LogP contribution is -2.02. The first kappa shape index (κ1) is 13.0. The van der Waals surface area contributed by atoms with Gasteiger partial charge in [0.2, 0.25) is 5.82 Å². The molecule has 21 heavy (non-hydrogen) atoms. The van der Waals surface area contributed by atoms with Gasteiger partial charge in [-0.2, -0.15) is 0 Å². The van der Waals surface area contributed by atoms with E-state index in [1.54, 1.807) is 13.1 Å². The number of anilines is 1. The van der Waals surface area contributed by atoms with E-state index in [4.69, 9.17) is 4.42 Å². The number of aryl methyl sites for hydroxylation is 1. The highest BCUT2D eigenvalue weighted by molar-refractivity contribution is 5.87. The molecule has 0 amide bonds. The molecule has 7 nitrogen and oxygen atoms in total. The van der Waals surface area contributed by atoms with Crippen LogP contribution >= 0.6 is 0 Å². The number of furan rings is 1. The van der Waals surface area contributed by atoms with Gasteiger partial charge in [0.25, 0.3) is 0 Å². The summed E-state index contributed by atoms with van der Waals surface area (Å²) in [7, 11) is 1.57. The molecule has 0 radical (unpaired) electrons. The molecule has 1 N–H and O–H groups in total. The first-order chi connectivity index (χ1) is 10.1. The number of nitro groups is 1. The van der Waals surface area contributed by atoms with Gasteiger partial charge in [0.1, 0.15) is 11.9 Å². The van der Waals surface area contributed by atoms with Crippen LogP contribution in [0.4, 0.5) is 11.5 Å². The maximum Gasteiger partial charge on any atom is 0.340 e. The fourth-order valence-corrected chi connectivity index (χ4v) is 2.24. The molecule has 0 spiro atoms. The third kappa shape index (κ3) is 2.08. The van der Waals surface area contributed by atoms with E-state index < -0.39 is 4.92 Å². The predicted octanol–water partition coefficient (Wildman–Crippen LogP) is 3.15. The largest absolute Gasteiger partial charge is 0.454 e. The lowest BCUT2D eigenvalue weighted by Gasteiger charge is -2.03. The number of nitrogens with one attached hydrogen (secondary N) is 1. The van der Waals surface area contributed by atoms with Crippen molar-refractivity contribution in [2.45, 2.75) is 6.92 Å². The molecular formula is C14H12N4O3. The normalized spacial score (nSPS) is 10.8. The minimum atomic E-state index is -0.513. The third-order valence-corrected chi connectivity index (χ3v) is 3.22. The summed E-state index contributed by atoms with van der Waals surface area (Å²) in [6, 6.07) is 7.46. The Morgan fingerprint density at radius 1 is 1.33 bits per heavy atom. The fourth-order valence-electron chi connectivity index (χ4n) is 2.24. The molecule has 0 atom stereocenters. The van der Waals surface area contributed by atoms with Crippen molar-refractivity contribution in [3.8, 4) is 11.5 Å². The zero-order valence-corrected chi connectivity index (χ0v) is 11.5. The van der Waals surface area contributed by atoms with Crippen molar-refractivity contribution in [2.24, 2.45) is 0 Å². The molecule has 0 saturated heterocycles. The predicted molar refractivity (Wildman–Crippen MR) is 78.2 cm³/mol. The van der Waals surface area contributed by atoms with Crippen molar-refractivity contribution >= 4 is 22.5 Å². The Bertz CT molecular complexity index is 841. The molecule has 3 aromatic rings. The Labute approximate surface area is 119 Å². The summed E-state index contributed by atoms with van der Waals surface area (Å²) in [6.07, 6.45) is 1.27. The number of nitrogens with zero attached hydrogens (tertiary/aromatic N) is 3. The maximum absolute atomic E-state index is 11.3. The highest BCUT2D eigenvalue weighted by Crippen LogP contribution is 2.36. The number of hydrogen-bond donors (Lipinski definition) is 1. The summed E-state index contributed by atoms with van der Waals surface area (Å²) in [5.41, 5.74) is 1.63. The molecule has 0 aliphatic carbocycles. The topological polar surface area (TPSA) is 94.1 Å². The summed E-state index contributed by atoms with van der Waals surface area (Å²) in [5, 5.41) is 14.9. The van der Waals surface area contributed by atoms with Gasteiger partial charge in [-0.25, -0.2) is 9.97 Å². The zero-order valence-electron chi connectivity index (χ0n) is 11.5. The SMILES string of the molecule is CNc1ncnc(-c2cc3cccc(C)c3o2)c1[N+](=O)[O-]. The van der Waals surface area contributed by atoms with Crippen LogP contribution in [-0.4, -0.2) is 21.9 Å². The Kier molecular flexibility index (Phi) is 3.02. The van der Waals surface area contributed by atoms with Crippen LogP contribution in [0.1, 0.15) is 5.56 Å². The summed E-state index contributed by atoms with van der Waals surface area (Å²) < 4.78 is 5.75. The standard InChI is InChI=1S/C14H12N4O3/c1-8-4-3-5-9-6-10(21-13(8)9)11-12(18(19)20)14(15-2)17-7-16-11/h3-7H,1-2H3,(H,15,16,17). The minimum Gasteiger partial charge on any atom is -0.454 e. The minimum absolute atomic E-state index is 0.155. The Morgan fingerprint density at radius 2 is 2.14 bits per heavy atom. The van der Waals surface area contributed by atoms with Gasteiger partial charge in [0, 0.05) is 12.4 Å². The second-order valence-corrected chi connectivity index (χ2v) is 4.53. The first-order valence-electron chi connectivity index (χ1n) is 6.28. The molecule has 1 aromatic carbocycles. The van der Waals surface area contributed by atoms with Crippen LogP contribution < -0.4 is 5.32 Å². The van der Waals surface area contributed by atoms with Gasteiger partial charge in [-0.05, 0) is 18.6 Å². The molecule has 0 saturated carbocycles. The third-order valence-electron chi connectivity index (χ3n) is 3.22. The van der Waals surface area contributed by atoms with Crippen molar-refractivity contribution in [3.05, 3.63) is 46.3 Å². The molecule has 2 heterocycles. The van der Waals surface area contributed by atoms with Crippen molar-refractivity contribution in [1.82, 2.24) is 9.97 Å². The lowest BCUT2D eigenvalue weighted by atomic mass is 10.1. The van der Waals surface area contributed by atoms with Crippen molar-refractivity contribution < 1.29 is 9.34 Å². The number of rotatable bonds is 3. The van der Waals surface area contributed by atoms with E-state index in [1.165, 1.54) is 6.33 Å². The summed E-state index contributed by atoms with van der Waals surface area (Å²) in [4.78, 5) is 18.7. The average Bonchev–Trinajstić information content (AvgIpc) is 2.91. The average molecular weight is 284 g/mol. The highest BCUT2D eigenvalue weighted by Gasteiger charge is 2.25. The van der Waals surface area contributed by atoms with Crippen molar-refractivity contribution in [2.75, 3.05) is 12.4 Å².